The number of likely N-dealkylation sites (tertiary alicyclic amines) is 1. The third-order valence-corrected chi connectivity index (χ3v) is 6.95. The molecule has 8 nitrogen and oxygen atoms in total. The van der Waals surface area contributed by atoms with Gasteiger partial charge in [0.1, 0.15) is 5.67 Å². The van der Waals surface area contributed by atoms with Crippen LogP contribution >= 0.6 is 0 Å². The number of hydrogen-bond acceptors (Lipinski definition) is 6. The minimum absolute atomic E-state index is 0.142. The number of aliphatic imine (C=N–C) groups is 1. The number of nitrogens with one attached hydrogen (secondary N) is 1. The lowest BCUT2D eigenvalue weighted by Gasteiger charge is -2.36. The fourth-order valence-electron chi connectivity index (χ4n) is 4.66. The molecule has 36 heavy (non-hydrogen) atoms. The van der Waals surface area contributed by atoms with Crippen LogP contribution in [-0.4, -0.2) is 58.5 Å². The topological polar surface area (TPSA) is 107 Å². The number of benzene rings is 2. The van der Waals surface area contributed by atoms with Gasteiger partial charge in [-0.15, -0.1) is 5.10 Å². The number of piperidine rings is 1. The predicted molar refractivity (Wildman–Crippen MR) is 133 cm³/mol. The highest BCUT2D eigenvalue weighted by Gasteiger charge is 2.37. The number of carbonyl (C=O) groups excluding carboxylic acids is 1. The van der Waals surface area contributed by atoms with E-state index in [1.807, 2.05) is 19.2 Å². The number of halogens is 1. The van der Waals surface area contributed by atoms with Crippen molar-refractivity contribution >= 4 is 18.1 Å². The van der Waals surface area contributed by atoms with Crippen molar-refractivity contribution in [2.75, 3.05) is 26.3 Å². The Hall–Kier alpha value is -3.90. The zero-order chi connectivity index (χ0) is 25.1. The van der Waals surface area contributed by atoms with Gasteiger partial charge in [-0.25, -0.2) is 9.38 Å². The summed E-state index contributed by atoms with van der Waals surface area (Å²) in [6, 6.07) is 14.1. The first-order valence-corrected chi connectivity index (χ1v) is 12.1. The van der Waals surface area contributed by atoms with E-state index in [4.69, 9.17) is 10.00 Å². The van der Waals surface area contributed by atoms with Gasteiger partial charge in [0.2, 0.25) is 0 Å². The average Bonchev–Trinajstić information content (AvgIpc) is 3.60. The standard InChI is InChI=1S/C27H27FN6O2/c1-18-2-5-21(14-23(18)24-31-26(33-32-24)30-16-20-8-13-36-17-20)25(35)34-11-9-27(28,10-12-34)22-6-3-19(15-29)4-7-22/h2-7,14,16,20H,8-13,17H2,1H3,(H,31,32,33)/b30-16+. The van der Waals surface area contributed by atoms with Crippen molar-refractivity contribution in [3.8, 4) is 17.5 Å². The lowest BCUT2D eigenvalue weighted by Crippen LogP contribution is -2.43. The molecule has 0 radical (unpaired) electrons. The van der Waals surface area contributed by atoms with Crippen LogP contribution in [0.4, 0.5) is 10.3 Å². The minimum atomic E-state index is -1.51. The van der Waals surface area contributed by atoms with Gasteiger partial charge in [0.15, 0.2) is 5.82 Å². The zero-order valence-electron chi connectivity index (χ0n) is 20.1. The summed E-state index contributed by atoms with van der Waals surface area (Å²) in [6.45, 7) is 3.97. The van der Waals surface area contributed by atoms with Crippen molar-refractivity contribution in [1.29, 1.82) is 5.26 Å². The summed E-state index contributed by atoms with van der Waals surface area (Å²) in [5, 5.41) is 16.1. The lowest BCUT2D eigenvalue weighted by molar-refractivity contribution is 0.0421. The number of amides is 1. The first kappa shape index (κ1) is 23.8. The first-order chi connectivity index (χ1) is 17.4. The van der Waals surface area contributed by atoms with E-state index in [0.29, 0.717) is 48.2 Å². The van der Waals surface area contributed by atoms with Gasteiger partial charge in [0, 0.05) is 55.8 Å². The molecule has 0 bridgehead atoms. The second-order valence-corrected chi connectivity index (χ2v) is 9.36. The largest absolute Gasteiger partial charge is 0.381 e. The molecular formula is C27H27FN6O2. The number of ether oxygens (including phenoxy) is 1. The highest BCUT2D eigenvalue weighted by Crippen LogP contribution is 2.37. The summed E-state index contributed by atoms with van der Waals surface area (Å²) in [6.07, 6.45) is 3.18. The van der Waals surface area contributed by atoms with Crippen LogP contribution in [0.3, 0.4) is 0 Å². The maximum Gasteiger partial charge on any atom is 0.268 e. The van der Waals surface area contributed by atoms with Crippen LogP contribution in [0.25, 0.3) is 11.4 Å². The number of alkyl halides is 1. The van der Waals surface area contributed by atoms with Gasteiger partial charge in [0.25, 0.3) is 11.9 Å². The van der Waals surface area contributed by atoms with E-state index >= 15 is 4.39 Å². The van der Waals surface area contributed by atoms with Crippen molar-refractivity contribution < 1.29 is 13.9 Å². The molecule has 5 rings (SSSR count). The number of nitrogens with zero attached hydrogens (tertiary/aromatic N) is 5. The Morgan fingerprint density at radius 2 is 2.06 bits per heavy atom. The predicted octanol–water partition coefficient (Wildman–Crippen LogP) is 4.49. The smallest absolute Gasteiger partial charge is 0.268 e. The Balaban J connectivity index is 1.27. The third kappa shape index (κ3) is 4.90. The van der Waals surface area contributed by atoms with Crippen LogP contribution in [0.1, 0.15) is 46.3 Å². The van der Waals surface area contributed by atoms with Crippen LogP contribution in [0, 0.1) is 24.2 Å². The van der Waals surface area contributed by atoms with Crippen molar-refractivity contribution in [3.05, 3.63) is 64.7 Å². The molecule has 0 aliphatic carbocycles. The summed E-state index contributed by atoms with van der Waals surface area (Å²) in [4.78, 5) is 23.8. The molecule has 2 saturated heterocycles. The summed E-state index contributed by atoms with van der Waals surface area (Å²) in [5.41, 5.74) is 1.78. The number of H-pyrrole nitrogens is 1. The lowest BCUT2D eigenvalue weighted by atomic mass is 9.85. The zero-order valence-corrected chi connectivity index (χ0v) is 20.1. The molecule has 1 aromatic heterocycles. The van der Waals surface area contributed by atoms with Crippen molar-refractivity contribution in [3.63, 3.8) is 0 Å². The van der Waals surface area contributed by atoms with E-state index in [1.165, 1.54) is 0 Å². The fourth-order valence-corrected chi connectivity index (χ4v) is 4.66. The molecule has 2 aromatic carbocycles. The summed E-state index contributed by atoms with van der Waals surface area (Å²) in [7, 11) is 0. The van der Waals surface area contributed by atoms with Crippen molar-refractivity contribution in [2.45, 2.75) is 31.9 Å². The molecule has 9 heteroatoms. The molecule has 184 valence electrons. The number of hydrogen-bond donors (Lipinski definition) is 1. The van der Waals surface area contributed by atoms with Crippen LogP contribution < -0.4 is 0 Å². The highest BCUT2D eigenvalue weighted by molar-refractivity contribution is 5.95. The van der Waals surface area contributed by atoms with Gasteiger partial charge in [-0.1, -0.05) is 18.2 Å². The first-order valence-electron chi connectivity index (χ1n) is 12.1. The molecule has 2 aliphatic rings. The normalized spacial score (nSPS) is 19.5. The Bertz CT molecular complexity index is 1310. The van der Waals surface area contributed by atoms with Gasteiger partial charge in [-0.3, -0.25) is 9.89 Å². The minimum Gasteiger partial charge on any atom is -0.381 e. The molecule has 1 amide bonds. The number of carbonyl (C=O) groups is 1. The summed E-state index contributed by atoms with van der Waals surface area (Å²) in [5.74, 6) is 1.02. The molecular weight excluding hydrogens is 459 g/mol. The van der Waals surface area contributed by atoms with Gasteiger partial charge in [-0.2, -0.15) is 10.2 Å². The van der Waals surface area contributed by atoms with E-state index in [1.54, 1.807) is 41.3 Å². The maximum atomic E-state index is 15.6. The maximum absolute atomic E-state index is 15.6. The molecule has 2 fully saturated rings. The van der Waals surface area contributed by atoms with Gasteiger partial charge in [-0.05, 0) is 48.7 Å². The second kappa shape index (κ2) is 9.99. The molecule has 1 N–H and O–H groups in total. The number of aryl methyl sites for hydroxylation is 1. The summed E-state index contributed by atoms with van der Waals surface area (Å²) < 4.78 is 21.0. The SMILES string of the molecule is Cc1ccc(C(=O)N2CCC(F)(c3ccc(C#N)cc3)CC2)cc1-c1nc(/N=C/C2CCOC2)n[nH]1. The van der Waals surface area contributed by atoms with Crippen LogP contribution in [0.15, 0.2) is 47.5 Å². The van der Waals surface area contributed by atoms with E-state index < -0.39 is 5.67 Å². The van der Waals surface area contributed by atoms with Crippen molar-refractivity contribution in [2.24, 2.45) is 10.9 Å². The average molecular weight is 487 g/mol. The number of nitriles is 1. The van der Waals surface area contributed by atoms with E-state index in [9.17, 15) is 4.79 Å². The van der Waals surface area contributed by atoms with Crippen LogP contribution in [-0.2, 0) is 10.4 Å². The third-order valence-electron chi connectivity index (χ3n) is 6.95. The molecule has 1 unspecified atom stereocenters. The number of rotatable bonds is 5. The fraction of sp³-hybridized carbons (Fsp3) is 0.370. The Morgan fingerprint density at radius 3 is 2.75 bits per heavy atom. The van der Waals surface area contributed by atoms with Gasteiger partial charge < -0.3 is 9.64 Å². The second-order valence-electron chi connectivity index (χ2n) is 9.36. The van der Waals surface area contributed by atoms with E-state index in [-0.39, 0.29) is 24.7 Å². The quantitative estimate of drug-likeness (QED) is 0.535. The van der Waals surface area contributed by atoms with E-state index in [2.05, 4.69) is 26.2 Å². The Kier molecular flexibility index (Phi) is 6.61. The molecule has 0 saturated carbocycles. The molecule has 0 spiro atoms. The van der Waals surface area contributed by atoms with E-state index in [0.717, 1.165) is 24.2 Å². The Labute approximate surface area is 208 Å². The number of aromatic nitrogens is 3. The monoisotopic (exact) mass is 486 g/mol. The molecule has 2 aliphatic heterocycles. The highest BCUT2D eigenvalue weighted by atomic mass is 19.1. The van der Waals surface area contributed by atoms with Crippen LogP contribution in [0.2, 0.25) is 0 Å². The summed E-state index contributed by atoms with van der Waals surface area (Å²) >= 11 is 0. The Morgan fingerprint density at radius 1 is 1.28 bits per heavy atom. The van der Waals surface area contributed by atoms with Crippen LogP contribution in [0.5, 0.6) is 0 Å². The van der Waals surface area contributed by atoms with Crippen molar-refractivity contribution in [1.82, 2.24) is 20.1 Å². The van der Waals surface area contributed by atoms with Gasteiger partial charge in [0.05, 0.1) is 18.2 Å². The number of aromatic amines is 1. The molecule has 3 heterocycles. The van der Waals surface area contributed by atoms with Gasteiger partial charge >= 0.3 is 0 Å². The molecule has 3 aromatic rings. The molecule has 1 atom stereocenters.